The smallest absolute Gasteiger partial charge is 0.325 e. The highest BCUT2D eigenvalue weighted by atomic mass is 32.2. The second-order valence-electron chi connectivity index (χ2n) is 7.23. The molecular formula is C22H20N2O5S. The number of hydrogen-bond donors (Lipinski definition) is 1. The van der Waals surface area contributed by atoms with E-state index in [1.54, 1.807) is 31.2 Å². The maximum Gasteiger partial charge on any atom is 0.325 e. The van der Waals surface area contributed by atoms with Crippen LogP contribution in [-0.2, 0) is 20.5 Å². The first-order valence-electron chi connectivity index (χ1n) is 9.39. The molecule has 0 radical (unpaired) electrons. The van der Waals surface area contributed by atoms with Crippen molar-refractivity contribution in [3.63, 3.8) is 0 Å². The van der Waals surface area contributed by atoms with Crippen LogP contribution in [0, 0.1) is 0 Å². The zero-order valence-corrected chi connectivity index (χ0v) is 17.1. The topological polar surface area (TPSA) is 92.8 Å². The van der Waals surface area contributed by atoms with E-state index in [1.165, 1.54) is 12.1 Å². The molecule has 3 aromatic rings. The lowest BCUT2D eigenvalue weighted by molar-refractivity contribution is -0.130. The maximum atomic E-state index is 13.1. The Bertz CT molecular complexity index is 1230. The van der Waals surface area contributed by atoms with E-state index >= 15 is 0 Å². The zero-order valence-electron chi connectivity index (χ0n) is 16.2. The van der Waals surface area contributed by atoms with Crippen molar-refractivity contribution in [1.29, 1.82) is 0 Å². The minimum atomic E-state index is -3.97. The van der Waals surface area contributed by atoms with E-state index in [-0.39, 0.29) is 12.3 Å². The van der Waals surface area contributed by atoms with E-state index in [2.05, 4.69) is 5.32 Å². The standard InChI is InChI=1S/C22H20N2O5S/c1-22(18-12-11-16-7-5-6-8-17(16)15-18)20(25)24(21(26)23-22)13-14-30(27,28)29-19-9-3-2-4-10-19/h2-12,15H,13-14H2,1H3,(H,23,26). The van der Waals surface area contributed by atoms with E-state index in [0.717, 1.165) is 15.7 Å². The van der Waals surface area contributed by atoms with E-state index in [0.29, 0.717) is 5.56 Å². The molecule has 1 aliphatic heterocycles. The number of urea groups is 1. The molecule has 1 saturated heterocycles. The van der Waals surface area contributed by atoms with Crippen molar-refractivity contribution in [2.24, 2.45) is 0 Å². The first-order chi connectivity index (χ1) is 14.3. The van der Waals surface area contributed by atoms with Crippen LogP contribution in [0.25, 0.3) is 10.8 Å². The van der Waals surface area contributed by atoms with Crippen LogP contribution in [0.4, 0.5) is 4.79 Å². The molecule has 7 nitrogen and oxygen atoms in total. The normalized spacial score (nSPS) is 19.2. The Kier molecular flexibility index (Phi) is 4.95. The Hall–Kier alpha value is -3.39. The summed E-state index contributed by atoms with van der Waals surface area (Å²) in [5.41, 5.74) is -0.643. The minimum Gasteiger partial charge on any atom is -0.382 e. The first kappa shape index (κ1) is 19.9. The predicted molar refractivity (Wildman–Crippen MR) is 112 cm³/mol. The predicted octanol–water partition coefficient (Wildman–Crippen LogP) is 3.02. The Morgan fingerprint density at radius 3 is 2.33 bits per heavy atom. The van der Waals surface area contributed by atoms with E-state index in [1.807, 2.05) is 36.4 Å². The Morgan fingerprint density at radius 2 is 1.60 bits per heavy atom. The fourth-order valence-electron chi connectivity index (χ4n) is 3.46. The van der Waals surface area contributed by atoms with Crippen LogP contribution in [0.3, 0.4) is 0 Å². The summed E-state index contributed by atoms with van der Waals surface area (Å²) < 4.78 is 29.5. The molecule has 0 spiro atoms. The maximum absolute atomic E-state index is 13.1. The molecule has 4 rings (SSSR count). The molecule has 1 N–H and O–H groups in total. The van der Waals surface area contributed by atoms with Crippen LogP contribution in [0.1, 0.15) is 12.5 Å². The van der Waals surface area contributed by atoms with E-state index in [9.17, 15) is 18.0 Å². The van der Waals surface area contributed by atoms with Crippen LogP contribution < -0.4 is 9.50 Å². The average Bonchev–Trinajstić information content (AvgIpc) is 2.95. The average molecular weight is 424 g/mol. The number of carbonyl (C=O) groups excluding carboxylic acids is 2. The van der Waals surface area contributed by atoms with Gasteiger partial charge in [-0.1, -0.05) is 54.6 Å². The lowest BCUT2D eigenvalue weighted by atomic mass is 9.90. The third kappa shape index (κ3) is 3.73. The molecule has 154 valence electrons. The van der Waals surface area contributed by atoms with Gasteiger partial charge in [0.05, 0.1) is 0 Å². The van der Waals surface area contributed by atoms with Crippen LogP contribution in [0.15, 0.2) is 72.8 Å². The summed E-state index contributed by atoms with van der Waals surface area (Å²) in [5, 5.41) is 4.66. The summed E-state index contributed by atoms with van der Waals surface area (Å²) in [5.74, 6) is -0.831. The highest BCUT2D eigenvalue weighted by Crippen LogP contribution is 2.31. The third-order valence-electron chi connectivity index (χ3n) is 5.13. The highest BCUT2D eigenvalue weighted by Gasteiger charge is 2.49. The fraction of sp³-hybridized carbons (Fsp3) is 0.182. The second-order valence-corrected chi connectivity index (χ2v) is 8.92. The lowest BCUT2D eigenvalue weighted by Gasteiger charge is -2.22. The lowest BCUT2D eigenvalue weighted by Crippen LogP contribution is -2.41. The van der Waals surface area contributed by atoms with Crippen molar-refractivity contribution in [3.05, 3.63) is 78.4 Å². The number of hydrogen-bond acceptors (Lipinski definition) is 5. The van der Waals surface area contributed by atoms with Crippen molar-refractivity contribution in [2.75, 3.05) is 12.3 Å². The van der Waals surface area contributed by atoms with Crippen LogP contribution in [-0.4, -0.2) is 37.6 Å². The summed E-state index contributed by atoms with van der Waals surface area (Å²) in [6.45, 7) is 1.31. The van der Waals surface area contributed by atoms with Gasteiger partial charge in [-0.15, -0.1) is 0 Å². The van der Waals surface area contributed by atoms with Crippen molar-refractivity contribution < 1.29 is 22.2 Å². The van der Waals surface area contributed by atoms with Gasteiger partial charge in [0, 0.05) is 6.54 Å². The molecule has 8 heteroatoms. The number of amides is 3. The van der Waals surface area contributed by atoms with Gasteiger partial charge in [-0.3, -0.25) is 9.69 Å². The Balaban J connectivity index is 1.51. The summed E-state index contributed by atoms with van der Waals surface area (Å²) in [7, 11) is -3.97. The third-order valence-corrected chi connectivity index (χ3v) is 6.26. The molecule has 0 saturated carbocycles. The van der Waals surface area contributed by atoms with Crippen LogP contribution >= 0.6 is 0 Å². The fourth-order valence-corrected chi connectivity index (χ4v) is 4.36. The number of para-hydroxylation sites is 1. The van der Waals surface area contributed by atoms with Crippen molar-refractivity contribution >= 4 is 32.8 Å². The quantitative estimate of drug-likeness (QED) is 0.485. The number of imide groups is 1. The largest absolute Gasteiger partial charge is 0.382 e. The van der Waals surface area contributed by atoms with Crippen molar-refractivity contribution in [1.82, 2.24) is 10.2 Å². The van der Waals surface area contributed by atoms with Gasteiger partial charge in [0.15, 0.2) is 0 Å². The van der Waals surface area contributed by atoms with Gasteiger partial charge in [0.25, 0.3) is 5.91 Å². The van der Waals surface area contributed by atoms with Gasteiger partial charge in [-0.25, -0.2) is 4.79 Å². The van der Waals surface area contributed by atoms with E-state index < -0.39 is 33.3 Å². The van der Waals surface area contributed by atoms with E-state index in [4.69, 9.17) is 4.18 Å². The molecule has 3 amide bonds. The molecule has 1 heterocycles. The summed E-state index contributed by atoms with van der Waals surface area (Å²) in [4.78, 5) is 26.4. The van der Waals surface area contributed by atoms with Gasteiger partial charge >= 0.3 is 16.1 Å². The highest BCUT2D eigenvalue weighted by molar-refractivity contribution is 7.87. The number of fused-ring (bicyclic) bond motifs is 1. The monoisotopic (exact) mass is 424 g/mol. The molecular weight excluding hydrogens is 404 g/mol. The molecule has 1 fully saturated rings. The molecule has 1 atom stereocenters. The molecule has 0 aliphatic carbocycles. The van der Waals surface area contributed by atoms with Gasteiger partial charge in [-0.2, -0.15) is 8.42 Å². The van der Waals surface area contributed by atoms with Gasteiger partial charge < -0.3 is 9.50 Å². The van der Waals surface area contributed by atoms with Crippen LogP contribution in [0.2, 0.25) is 0 Å². The summed E-state index contributed by atoms with van der Waals surface area (Å²) >= 11 is 0. The number of nitrogens with zero attached hydrogens (tertiary/aromatic N) is 1. The van der Waals surface area contributed by atoms with Gasteiger partial charge in [0.1, 0.15) is 17.0 Å². The number of benzene rings is 3. The Morgan fingerprint density at radius 1 is 0.933 bits per heavy atom. The first-order valence-corrected chi connectivity index (χ1v) is 11.0. The molecule has 1 unspecified atom stereocenters. The minimum absolute atomic E-state index is 0.177. The van der Waals surface area contributed by atoms with Gasteiger partial charge in [-0.05, 0) is 41.5 Å². The molecule has 0 bridgehead atoms. The molecule has 1 aliphatic rings. The second kappa shape index (κ2) is 7.46. The molecule has 3 aromatic carbocycles. The summed E-state index contributed by atoms with van der Waals surface area (Å²) in [6.07, 6.45) is 0. The molecule has 30 heavy (non-hydrogen) atoms. The number of nitrogens with one attached hydrogen (secondary N) is 1. The SMILES string of the molecule is CC1(c2ccc3ccccc3c2)NC(=O)N(CCS(=O)(=O)Oc2ccccc2)C1=O. The van der Waals surface area contributed by atoms with Crippen molar-refractivity contribution in [3.8, 4) is 5.75 Å². The number of rotatable bonds is 6. The molecule has 0 aromatic heterocycles. The number of carbonyl (C=O) groups is 2. The Labute approximate surface area is 174 Å². The van der Waals surface area contributed by atoms with Crippen molar-refractivity contribution in [2.45, 2.75) is 12.5 Å². The van der Waals surface area contributed by atoms with Gasteiger partial charge in [0.2, 0.25) is 0 Å². The zero-order chi connectivity index (χ0) is 21.4. The summed E-state index contributed by atoms with van der Waals surface area (Å²) in [6, 6.07) is 20.7. The van der Waals surface area contributed by atoms with Crippen LogP contribution in [0.5, 0.6) is 5.75 Å².